The van der Waals surface area contributed by atoms with Gasteiger partial charge < -0.3 is 9.64 Å². The summed E-state index contributed by atoms with van der Waals surface area (Å²) in [7, 11) is 4.53. The fraction of sp³-hybridized carbons (Fsp3) is 0.455. The van der Waals surface area contributed by atoms with E-state index in [9.17, 15) is 14.4 Å². The number of benzene rings is 1. The molecule has 5 rings (SSSR count). The van der Waals surface area contributed by atoms with Gasteiger partial charge in [0, 0.05) is 32.4 Å². The monoisotopic (exact) mass is 408 g/mol. The highest BCUT2D eigenvalue weighted by Gasteiger charge is 2.63. The Morgan fingerprint density at radius 3 is 2.50 bits per heavy atom. The van der Waals surface area contributed by atoms with Crippen molar-refractivity contribution in [2.75, 3.05) is 32.6 Å². The lowest BCUT2D eigenvalue weighted by Crippen LogP contribution is -2.72. The number of rotatable bonds is 1. The zero-order chi connectivity index (χ0) is 21.2. The molecule has 0 saturated carbocycles. The van der Waals surface area contributed by atoms with E-state index in [2.05, 4.69) is 4.90 Å². The lowest BCUT2D eigenvalue weighted by molar-refractivity contribution is -0.159. The van der Waals surface area contributed by atoms with Crippen LogP contribution in [0.3, 0.4) is 0 Å². The van der Waals surface area contributed by atoms with Crippen molar-refractivity contribution in [1.82, 2.24) is 14.8 Å². The highest BCUT2D eigenvalue weighted by molar-refractivity contribution is 6.20. The molecule has 0 unspecified atom stereocenters. The predicted octanol–water partition coefficient (Wildman–Crippen LogP) is 2.20. The molecule has 0 aliphatic carbocycles. The zero-order valence-electron chi connectivity index (χ0n) is 17.3. The molecule has 2 saturated heterocycles. The van der Waals surface area contributed by atoms with Crippen molar-refractivity contribution in [1.29, 1.82) is 0 Å². The van der Waals surface area contributed by atoms with Crippen LogP contribution in [-0.4, -0.2) is 66.4 Å². The maximum Gasteiger partial charge on any atom is 0.332 e. The molecule has 1 aromatic carbocycles. The minimum Gasteiger partial charge on any atom is -0.497 e. The van der Waals surface area contributed by atoms with Gasteiger partial charge in [-0.3, -0.25) is 19.4 Å². The lowest BCUT2D eigenvalue weighted by Gasteiger charge is -2.54. The van der Waals surface area contributed by atoms with Crippen molar-refractivity contribution in [3.05, 3.63) is 29.8 Å². The maximum absolute atomic E-state index is 13.5. The normalized spacial score (nSPS) is 23.1. The van der Waals surface area contributed by atoms with Gasteiger partial charge in [0.25, 0.3) is 0 Å². The van der Waals surface area contributed by atoms with Gasteiger partial charge in [0.1, 0.15) is 11.6 Å². The Kier molecular flexibility index (Phi) is 4.03. The fourth-order valence-corrected chi connectivity index (χ4v) is 5.33. The Labute approximate surface area is 174 Å². The largest absolute Gasteiger partial charge is 0.497 e. The quantitative estimate of drug-likeness (QED) is 0.673. The molecule has 30 heavy (non-hydrogen) atoms. The second-order valence-electron chi connectivity index (χ2n) is 8.39. The minimum atomic E-state index is -1.31. The minimum absolute atomic E-state index is 0.239. The molecule has 3 aliphatic heterocycles. The summed E-state index contributed by atoms with van der Waals surface area (Å²) in [6.45, 7) is 0.732. The molecular weight excluding hydrogens is 384 g/mol. The van der Waals surface area contributed by atoms with Crippen LogP contribution in [0, 0.1) is 5.41 Å². The number of imide groups is 2. The molecule has 1 atom stereocenters. The third kappa shape index (κ3) is 2.33. The predicted molar refractivity (Wildman–Crippen MR) is 110 cm³/mol. The van der Waals surface area contributed by atoms with Crippen LogP contribution >= 0.6 is 0 Å². The van der Waals surface area contributed by atoms with E-state index >= 15 is 0 Å². The molecule has 2 fully saturated rings. The number of nitrogens with zero attached hydrogens (tertiary/aromatic N) is 4. The SMILES string of the molecule is COc1ccc2nc3c(cc2c1)CC1(C(=O)N(C)C(=O)N(C)C1=O)[C@@H]1CCCCN31. The Balaban J connectivity index is 1.73. The number of aromatic nitrogens is 1. The van der Waals surface area contributed by atoms with Gasteiger partial charge in [-0.25, -0.2) is 9.78 Å². The second kappa shape index (κ2) is 6.42. The number of amides is 4. The van der Waals surface area contributed by atoms with Crippen LogP contribution in [0.1, 0.15) is 24.8 Å². The number of carbonyl (C=O) groups is 3. The van der Waals surface area contributed by atoms with E-state index in [0.717, 1.165) is 63.6 Å². The average Bonchev–Trinajstić information content (AvgIpc) is 2.78. The molecule has 4 amide bonds. The van der Waals surface area contributed by atoms with Gasteiger partial charge in [0.15, 0.2) is 5.41 Å². The molecule has 1 aromatic heterocycles. The molecule has 0 radical (unpaired) electrons. The van der Waals surface area contributed by atoms with Crippen molar-refractivity contribution in [3.8, 4) is 5.75 Å². The van der Waals surface area contributed by atoms with Crippen LogP contribution in [0.5, 0.6) is 5.75 Å². The molecule has 0 N–H and O–H groups in total. The lowest BCUT2D eigenvalue weighted by atomic mass is 9.66. The van der Waals surface area contributed by atoms with Gasteiger partial charge in [-0.05, 0) is 49.1 Å². The Bertz CT molecular complexity index is 1070. The first-order valence-electron chi connectivity index (χ1n) is 10.2. The summed E-state index contributed by atoms with van der Waals surface area (Å²) in [4.78, 5) is 48.6. The first-order valence-corrected chi connectivity index (χ1v) is 10.2. The first-order chi connectivity index (χ1) is 14.4. The number of carbonyl (C=O) groups excluding carboxylic acids is 3. The van der Waals surface area contributed by atoms with Gasteiger partial charge in [0.05, 0.1) is 18.7 Å². The highest BCUT2D eigenvalue weighted by Crippen LogP contribution is 2.48. The molecule has 1 spiro atoms. The van der Waals surface area contributed by atoms with E-state index in [4.69, 9.17) is 9.72 Å². The molecular formula is C22H24N4O4. The number of fused-ring (bicyclic) bond motifs is 5. The topological polar surface area (TPSA) is 83.0 Å². The maximum atomic E-state index is 13.5. The van der Waals surface area contributed by atoms with Crippen LogP contribution in [0.4, 0.5) is 10.6 Å². The number of ether oxygens (including phenoxy) is 1. The summed E-state index contributed by atoms with van der Waals surface area (Å²) in [5.74, 6) is 0.735. The summed E-state index contributed by atoms with van der Waals surface area (Å²) < 4.78 is 5.34. The summed E-state index contributed by atoms with van der Waals surface area (Å²) in [5.41, 5.74) is 0.395. The number of piperidine rings is 1. The number of urea groups is 1. The van der Waals surface area contributed by atoms with Crippen molar-refractivity contribution in [2.45, 2.75) is 31.7 Å². The molecule has 156 valence electrons. The number of methoxy groups -OCH3 is 1. The molecule has 4 heterocycles. The van der Waals surface area contributed by atoms with Gasteiger partial charge in [-0.1, -0.05) is 0 Å². The Hall–Kier alpha value is -3.16. The van der Waals surface area contributed by atoms with E-state index in [1.54, 1.807) is 7.11 Å². The van der Waals surface area contributed by atoms with Crippen LogP contribution < -0.4 is 9.64 Å². The first kappa shape index (κ1) is 18.8. The standard InChI is InChI=1S/C22H24N4O4/c1-24-19(27)22(20(28)25(2)21(24)29)12-14-10-13-11-15(30-3)7-8-16(13)23-18(14)26-9-5-4-6-17(22)26/h7-8,10-11,17H,4-6,9,12H2,1-3H3/t17-/m0/s1. The summed E-state index contributed by atoms with van der Waals surface area (Å²) in [6.07, 6.45) is 2.87. The number of anilines is 1. The van der Waals surface area contributed by atoms with Crippen molar-refractivity contribution in [2.24, 2.45) is 5.41 Å². The smallest absolute Gasteiger partial charge is 0.332 e. The second-order valence-corrected chi connectivity index (χ2v) is 8.39. The summed E-state index contributed by atoms with van der Waals surface area (Å²) in [6, 6.07) is 6.83. The van der Waals surface area contributed by atoms with Crippen LogP contribution in [0.15, 0.2) is 24.3 Å². The number of hydrogen-bond donors (Lipinski definition) is 0. The number of barbiturate groups is 1. The fourth-order valence-electron chi connectivity index (χ4n) is 5.33. The third-order valence-corrected chi connectivity index (χ3v) is 6.84. The van der Waals surface area contributed by atoms with Gasteiger partial charge >= 0.3 is 6.03 Å². The van der Waals surface area contributed by atoms with Crippen LogP contribution in [0.2, 0.25) is 0 Å². The van der Waals surface area contributed by atoms with Crippen molar-refractivity contribution >= 4 is 34.6 Å². The van der Waals surface area contributed by atoms with E-state index in [1.165, 1.54) is 14.1 Å². The van der Waals surface area contributed by atoms with Crippen molar-refractivity contribution < 1.29 is 19.1 Å². The van der Waals surface area contributed by atoms with E-state index in [-0.39, 0.29) is 12.5 Å². The van der Waals surface area contributed by atoms with Crippen LogP contribution in [-0.2, 0) is 16.0 Å². The van der Waals surface area contributed by atoms with Gasteiger partial charge in [0.2, 0.25) is 11.8 Å². The van der Waals surface area contributed by atoms with E-state index in [0.29, 0.717) is 0 Å². The van der Waals surface area contributed by atoms with Gasteiger partial charge in [-0.15, -0.1) is 0 Å². The Morgan fingerprint density at radius 2 is 1.80 bits per heavy atom. The Morgan fingerprint density at radius 1 is 1.07 bits per heavy atom. The molecule has 8 nitrogen and oxygen atoms in total. The summed E-state index contributed by atoms with van der Waals surface area (Å²) in [5, 5.41) is 0.896. The van der Waals surface area contributed by atoms with Crippen molar-refractivity contribution in [3.63, 3.8) is 0 Å². The summed E-state index contributed by atoms with van der Waals surface area (Å²) >= 11 is 0. The van der Waals surface area contributed by atoms with Crippen LogP contribution in [0.25, 0.3) is 10.9 Å². The highest BCUT2D eigenvalue weighted by atomic mass is 16.5. The molecule has 3 aliphatic rings. The molecule has 2 aromatic rings. The van der Waals surface area contributed by atoms with E-state index < -0.39 is 23.3 Å². The van der Waals surface area contributed by atoms with Gasteiger partial charge in [-0.2, -0.15) is 0 Å². The number of hydrogen-bond acceptors (Lipinski definition) is 6. The molecule has 0 bridgehead atoms. The zero-order valence-corrected chi connectivity index (χ0v) is 17.3. The molecule has 8 heteroatoms. The number of pyridine rings is 1. The van der Waals surface area contributed by atoms with E-state index in [1.807, 2.05) is 24.3 Å². The third-order valence-electron chi connectivity index (χ3n) is 6.84. The average molecular weight is 408 g/mol.